The van der Waals surface area contributed by atoms with Crippen LogP contribution in [0.25, 0.3) is 0 Å². The second-order valence-corrected chi connectivity index (χ2v) is 4.42. The van der Waals surface area contributed by atoms with Crippen molar-refractivity contribution in [1.82, 2.24) is 4.90 Å². The molecule has 0 aliphatic carbocycles. The molecule has 5 heteroatoms. The van der Waals surface area contributed by atoms with Crippen LogP contribution in [-0.4, -0.2) is 36.5 Å². The van der Waals surface area contributed by atoms with E-state index >= 15 is 0 Å². The van der Waals surface area contributed by atoms with E-state index in [-0.39, 0.29) is 30.7 Å². The smallest absolute Gasteiger partial charge is 0.226 e. The fourth-order valence-electron chi connectivity index (χ4n) is 1.98. The lowest BCUT2D eigenvalue weighted by atomic mass is 10.3. The average molecular weight is 252 g/mol. The summed E-state index contributed by atoms with van der Waals surface area (Å²) in [6.45, 7) is 1.50. The SMILES string of the molecule is N[C@@H]1CCN(C(=O)CCOc2ccccc2F)C1. The summed E-state index contributed by atoms with van der Waals surface area (Å²) in [6.07, 6.45) is 1.10. The molecule has 0 bridgehead atoms. The van der Waals surface area contributed by atoms with Crippen LogP contribution in [0.4, 0.5) is 4.39 Å². The number of halogens is 1. The standard InChI is InChI=1S/C13H17FN2O2/c14-11-3-1-2-4-12(11)18-8-6-13(17)16-7-5-10(15)9-16/h1-4,10H,5-9,15H2/t10-/m1/s1. The van der Waals surface area contributed by atoms with Gasteiger partial charge in [0.05, 0.1) is 13.0 Å². The van der Waals surface area contributed by atoms with Crippen molar-refractivity contribution in [3.63, 3.8) is 0 Å². The number of hydrogen-bond acceptors (Lipinski definition) is 3. The van der Waals surface area contributed by atoms with E-state index in [0.717, 1.165) is 6.42 Å². The Balaban J connectivity index is 1.75. The quantitative estimate of drug-likeness (QED) is 0.874. The number of likely N-dealkylation sites (tertiary alicyclic amines) is 1. The molecular weight excluding hydrogens is 235 g/mol. The molecule has 98 valence electrons. The van der Waals surface area contributed by atoms with Crippen LogP contribution in [0.3, 0.4) is 0 Å². The Hall–Kier alpha value is -1.62. The molecular formula is C13H17FN2O2. The second-order valence-electron chi connectivity index (χ2n) is 4.42. The van der Waals surface area contributed by atoms with Crippen molar-refractivity contribution >= 4 is 5.91 Å². The van der Waals surface area contributed by atoms with Crippen LogP contribution in [0.5, 0.6) is 5.75 Å². The summed E-state index contributed by atoms with van der Waals surface area (Å²) in [6, 6.07) is 6.25. The summed E-state index contributed by atoms with van der Waals surface area (Å²) in [7, 11) is 0. The molecule has 0 saturated carbocycles. The molecule has 0 unspecified atom stereocenters. The van der Waals surface area contributed by atoms with Crippen LogP contribution < -0.4 is 10.5 Å². The van der Waals surface area contributed by atoms with Crippen molar-refractivity contribution in [3.8, 4) is 5.75 Å². The highest BCUT2D eigenvalue weighted by atomic mass is 19.1. The van der Waals surface area contributed by atoms with Gasteiger partial charge < -0.3 is 15.4 Å². The van der Waals surface area contributed by atoms with Gasteiger partial charge in [0.2, 0.25) is 5.91 Å². The van der Waals surface area contributed by atoms with E-state index in [1.54, 1.807) is 23.1 Å². The predicted octanol–water partition coefficient (Wildman–Crippen LogP) is 1.15. The van der Waals surface area contributed by atoms with Crippen molar-refractivity contribution < 1.29 is 13.9 Å². The van der Waals surface area contributed by atoms with E-state index in [2.05, 4.69) is 0 Å². The Kier molecular flexibility index (Phi) is 4.15. The van der Waals surface area contributed by atoms with Crippen molar-refractivity contribution in [2.24, 2.45) is 5.73 Å². The van der Waals surface area contributed by atoms with Gasteiger partial charge in [-0.2, -0.15) is 0 Å². The summed E-state index contributed by atoms with van der Waals surface area (Å²) in [5.74, 6) is -0.212. The number of ether oxygens (including phenoxy) is 1. The number of nitrogens with two attached hydrogens (primary N) is 1. The van der Waals surface area contributed by atoms with E-state index in [0.29, 0.717) is 13.1 Å². The zero-order chi connectivity index (χ0) is 13.0. The molecule has 1 amide bonds. The van der Waals surface area contributed by atoms with Gasteiger partial charge in [0.15, 0.2) is 11.6 Å². The van der Waals surface area contributed by atoms with Gasteiger partial charge in [-0.15, -0.1) is 0 Å². The lowest BCUT2D eigenvalue weighted by Crippen LogP contribution is -2.32. The summed E-state index contributed by atoms with van der Waals surface area (Å²) in [5, 5.41) is 0. The molecule has 1 aromatic rings. The summed E-state index contributed by atoms with van der Waals surface area (Å²) < 4.78 is 18.5. The van der Waals surface area contributed by atoms with Crippen molar-refractivity contribution in [2.45, 2.75) is 18.9 Å². The first-order chi connectivity index (χ1) is 8.66. The minimum absolute atomic E-state index is 0.0132. The van der Waals surface area contributed by atoms with Crippen LogP contribution in [0.2, 0.25) is 0 Å². The van der Waals surface area contributed by atoms with Crippen LogP contribution >= 0.6 is 0 Å². The topological polar surface area (TPSA) is 55.6 Å². The van der Waals surface area contributed by atoms with Crippen molar-refractivity contribution in [3.05, 3.63) is 30.1 Å². The molecule has 1 saturated heterocycles. The Labute approximate surface area is 106 Å². The first-order valence-corrected chi connectivity index (χ1v) is 6.07. The fraction of sp³-hybridized carbons (Fsp3) is 0.462. The maximum absolute atomic E-state index is 13.2. The van der Waals surface area contributed by atoms with Crippen LogP contribution in [0.1, 0.15) is 12.8 Å². The number of para-hydroxylation sites is 1. The molecule has 1 atom stereocenters. The van der Waals surface area contributed by atoms with Crippen molar-refractivity contribution in [2.75, 3.05) is 19.7 Å². The number of amides is 1. The molecule has 2 rings (SSSR count). The van der Waals surface area contributed by atoms with Crippen LogP contribution in [-0.2, 0) is 4.79 Å². The van der Waals surface area contributed by atoms with Gasteiger partial charge >= 0.3 is 0 Å². The molecule has 1 aliphatic rings. The average Bonchev–Trinajstić information content (AvgIpc) is 2.78. The molecule has 0 aromatic heterocycles. The van der Waals surface area contributed by atoms with Gasteiger partial charge in [0, 0.05) is 19.1 Å². The van der Waals surface area contributed by atoms with Gasteiger partial charge in [-0.05, 0) is 18.6 Å². The van der Waals surface area contributed by atoms with E-state index in [4.69, 9.17) is 10.5 Å². The van der Waals surface area contributed by atoms with E-state index in [9.17, 15) is 9.18 Å². The molecule has 18 heavy (non-hydrogen) atoms. The number of benzene rings is 1. The number of nitrogens with zero attached hydrogens (tertiary/aromatic N) is 1. The second kappa shape index (κ2) is 5.82. The third-order valence-corrected chi connectivity index (χ3v) is 2.99. The lowest BCUT2D eigenvalue weighted by molar-refractivity contribution is -0.130. The van der Waals surface area contributed by atoms with Crippen molar-refractivity contribution in [1.29, 1.82) is 0 Å². The maximum atomic E-state index is 13.2. The molecule has 0 radical (unpaired) electrons. The van der Waals surface area contributed by atoms with Gasteiger partial charge in [0.25, 0.3) is 0 Å². The van der Waals surface area contributed by atoms with Gasteiger partial charge in [-0.1, -0.05) is 12.1 Å². The molecule has 1 heterocycles. The zero-order valence-electron chi connectivity index (χ0n) is 10.1. The van der Waals surface area contributed by atoms with Gasteiger partial charge in [0.1, 0.15) is 0 Å². The highest BCUT2D eigenvalue weighted by Crippen LogP contribution is 2.16. The number of rotatable bonds is 4. The number of carbonyl (C=O) groups is 1. The molecule has 1 aliphatic heterocycles. The molecule has 1 fully saturated rings. The molecule has 4 nitrogen and oxygen atoms in total. The summed E-state index contributed by atoms with van der Waals surface area (Å²) in [5.41, 5.74) is 5.73. The zero-order valence-corrected chi connectivity index (χ0v) is 10.1. The van der Waals surface area contributed by atoms with Gasteiger partial charge in [-0.25, -0.2) is 4.39 Å². The molecule has 0 spiro atoms. The van der Waals surface area contributed by atoms with E-state index < -0.39 is 5.82 Å². The van der Waals surface area contributed by atoms with Crippen LogP contribution in [0, 0.1) is 5.82 Å². The maximum Gasteiger partial charge on any atom is 0.226 e. The fourth-order valence-corrected chi connectivity index (χ4v) is 1.98. The Morgan fingerprint density at radius 3 is 2.94 bits per heavy atom. The highest BCUT2D eigenvalue weighted by molar-refractivity contribution is 5.76. The van der Waals surface area contributed by atoms with E-state index in [1.165, 1.54) is 6.07 Å². The minimum atomic E-state index is -0.409. The molecule has 1 aromatic carbocycles. The minimum Gasteiger partial charge on any atom is -0.490 e. The summed E-state index contributed by atoms with van der Waals surface area (Å²) >= 11 is 0. The Bertz CT molecular complexity index is 425. The third-order valence-electron chi connectivity index (χ3n) is 2.99. The van der Waals surface area contributed by atoms with E-state index in [1.807, 2.05) is 0 Å². The highest BCUT2D eigenvalue weighted by Gasteiger charge is 2.23. The summed E-state index contributed by atoms with van der Waals surface area (Å²) in [4.78, 5) is 13.5. The monoisotopic (exact) mass is 252 g/mol. The van der Waals surface area contributed by atoms with Gasteiger partial charge in [-0.3, -0.25) is 4.79 Å². The molecule has 2 N–H and O–H groups in total. The first kappa shape index (κ1) is 12.8. The number of carbonyl (C=O) groups excluding carboxylic acids is 1. The third kappa shape index (κ3) is 3.20. The first-order valence-electron chi connectivity index (χ1n) is 6.07. The number of hydrogen-bond donors (Lipinski definition) is 1. The van der Waals surface area contributed by atoms with Crippen LogP contribution in [0.15, 0.2) is 24.3 Å². The normalized spacial score (nSPS) is 19.0. The Morgan fingerprint density at radius 2 is 2.28 bits per heavy atom. The lowest BCUT2D eigenvalue weighted by Gasteiger charge is -2.15. The largest absolute Gasteiger partial charge is 0.490 e. The Morgan fingerprint density at radius 1 is 1.50 bits per heavy atom. The predicted molar refractivity (Wildman–Crippen MR) is 65.7 cm³/mol.